The Hall–Kier alpha value is -4.52. The Labute approximate surface area is 195 Å². The first-order chi connectivity index (χ1) is 16.4. The van der Waals surface area contributed by atoms with Crippen molar-refractivity contribution in [1.82, 2.24) is 14.7 Å². The molecule has 172 valence electrons. The summed E-state index contributed by atoms with van der Waals surface area (Å²) in [6.07, 6.45) is 0.690. The van der Waals surface area contributed by atoms with Gasteiger partial charge in [0.2, 0.25) is 5.43 Å². The first kappa shape index (κ1) is 22.7. The maximum atomic E-state index is 13.3. The van der Waals surface area contributed by atoms with Gasteiger partial charge in [-0.1, -0.05) is 12.1 Å². The molecule has 10 nitrogen and oxygen atoms in total. The molecule has 10 heteroatoms. The number of benzene rings is 2. The fraction of sp³-hybridized carbons (Fsp3) is 0.250. The predicted molar refractivity (Wildman–Crippen MR) is 125 cm³/mol. The number of aryl methyl sites for hydroxylation is 1. The number of para-hydroxylation sites is 2. The molecule has 1 amide bonds. The number of nitriles is 1. The highest BCUT2D eigenvalue weighted by Crippen LogP contribution is 2.23. The maximum absolute atomic E-state index is 13.3. The first-order valence-electron chi connectivity index (χ1n) is 10.8. The van der Waals surface area contributed by atoms with Crippen molar-refractivity contribution in [2.24, 2.45) is 0 Å². The van der Waals surface area contributed by atoms with Gasteiger partial charge >= 0.3 is 0 Å². The number of amides is 1. The van der Waals surface area contributed by atoms with Gasteiger partial charge in [0.1, 0.15) is 5.69 Å². The molecule has 1 aromatic heterocycles. The van der Waals surface area contributed by atoms with E-state index >= 15 is 0 Å². The summed E-state index contributed by atoms with van der Waals surface area (Å²) in [7, 11) is 0. The number of hydrogen-bond donors (Lipinski definition) is 0. The lowest BCUT2D eigenvalue weighted by atomic mass is 10.2. The Morgan fingerprint density at radius 3 is 2.53 bits per heavy atom. The summed E-state index contributed by atoms with van der Waals surface area (Å²) in [6, 6.07) is 16.7. The van der Waals surface area contributed by atoms with Crippen molar-refractivity contribution in [2.75, 3.05) is 31.1 Å². The summed E-state index contributed by atoms with van der Waals surface area (Å²) < 4.78 is 1.27. The Balaban J connectivity index is 1.60. The van der Waals surface area contributed by atoms with Gasteiger partial charge in [-0.05, 0) is 43.7 Å². The van der Waals surface area contributed by atoms with Crippen LogP contribution in [0.4, 0.5) is 11.4 Å². The van der Waals surface area contributed by atoms with E-state index in [0.717, 1.165) is 12.2 Å². The smallest absolute Gasteiger partial charge is 0.294 e. The second kappa shape index (κ2) is 9.54. The van der Waals surface area contributed by atoms with Crippen LogP contribution in [0.1, 0.15) is 28.2 Å². The van der Waals surface area contributed by atoms with E-state index in [1.807, 2.05) is 12.1 Å². The van der Waals surface area contributed by atoms with Gasteiger partial charge in [0.15, 0.2) is 5.69 Å². The fourth-order valence-electron chi connectivity index (χ4n) is 4.01. The Kier molecular flexibility index (Phi) is 6.36. The molecule has 2 heterocycles. The molecular formula is C24H22N6O4. The third-order valence-corrected chi connectivity index (χ3v) is 5.76. The minimum absolute atomic E-state index is 0.173. The zero-order chi connectivity index (χ0) is 24.2. The van der Waals surface area contributed by atoms with Crippen molar-refractivity contribution in [3.8, 4) is 11.8 Å². The summed E-state index contributed by atoms with van der Waals surface area (Å²) >= 11 is 0. The minimum Gasteiger partial charge on any atom is -0.370 e. The molecule has 0 spiro atoms. The highest BCUT2D eigenvalue weighted by molar-refractivity contribution is 5.92. The monoisotopic (exact) mass is 458 g/mol. The molecule has 0 bridgehead atoms. The van der Waals surface area contributed by atoms with E-state index in [9.17, 15) is 19.7 Å². The van der Waals surface area contributed by atoms with Crippen molar-refractivity contribution in [2.45, 2.75) is 13.3 Å². The van der Waals surface area contributed by atoms with Crippen LogP contribution in [0.2, 0.25) is 0 Å². The molecule has 1 saturated heterocycles. The van der Waals surface area contributed by atoms with Gasteiger partial charge in [-0.3, -0.25) is 19.7 Å². The third-order valence-electron chi connectivity index (χ3n) is 5.76. The lowest BCUT2D eigenvalue weighted by Crippen LogP contribution is -2.39. The zero-order valence-electron chi connectivity index (χ0n) is 18.5. The number of rotatable bonds is 4. The lowest BCUT2D eigenvalue weighted by molar-refractivity contribution is -0.384. The van der Waals surface area contributed by atoms with E-state index in [2.05, 4.69) is 16.1 Å². The SMILES string of the molecule is Cc1cc(=O)c(C(=O)N2CCCN(c3ccc(C#N)cc3)CC2)nn1-c1ccccc1[N+](=O)[O-]. The van der Waals surface area contributed by atoms with E-state index in [1.165, 1.54) is 22.9 Å². The normalized spacial score (nSPS) is 13.8. The van der Waals surface area contributed by atoms with Gasteiger partial charge in [-0.2, -0.15) is 10.4 Å². The largest absolute Gasteiger partial charge is 0.370 e. The van der Waals surface area contributed by atoms with E-state index in [0.29, 0.717) is 37.3 Å². The molecule has 0 N–H and O–H groups in total. The molecule has 0 saturated carbocycles. The molecule has 2 aromatic carbocycles. The molecule has 3 aromatic rings. The van der Waals surface area contributed by atoms with Crippen LogP contribution in [-0.4, -0.2) is 51.7 Å². The number of nitro benzene ring substituents is 1. The van der Waals surface area contributed by atoms with Gasteiger partial charge in [-0.15, -0.1) is 0 Å². The van der Waals surface area contributed by atoms with Crippen molar-refractivity contribution in [3.63, 3.8) is 0 Å². The molecule has 0 unspecified atom stereocenters. The predicted octanol–water partition coefficient (Wildman–Crippen LogP) is 2.67. The Morgan fingerprint density at radius 2 is 1.82 bits per heavy atom. The van der Waals surface area contributed by atoms with Crippen LogP contribution in [0.3, 0.4) is 0 Å². The standard InChI is InChI=1S/C24H22N6O4/c1-17-15-22(31)23(26-29(17)20-5-2-3-6-21(20)30(33)34)24(32)28-12-4-11-27(13-14-28)19-9-7-18(16-25)8-10-19/h2-3,5-10,15H,4,11-14H2,1H3. The number of nitrogens with zero attached hydrogens (tertiary/aromatic N) is 6. The van der Waals surface area contributed by atoms with Gasteiger partial charge < -0.3 is 9.80 Å². The van der Waals surface area contributed by atoms with Crippen molar-refractivity contribution < 1.29 is 9.72 Å². The van der Waals surface area contributed by atoms with Crippen LogP contribution in [0.5, 0.6) is 0 Å². The average Bonchev–Trinajstić information content (AvgIpc) is 3.10. The zero-order valence-corrected chi connectivity index (χ0v) is 18.5. The van der Waals surface area contributed by atoms with Gasteiger partial charge in [-0.25, -0.2) is 4.68 Å². The summed E-state index contributed by atoms with van der Waals surface area (Å²) in [4.78, 5) is 40.6. The number of hydrogen-bond acceptors (Lipinski definition) is 7. The Morgan fingerprint density at radius 1 is 1.09 bits per heavy atom. The van der Waals surface area contributed by atoms with Gasteiger partial charge in [0.25, 0.3) is 11.6 Å². The molecule has 0 atom stereocenters. The topological polar surface area (TPSA) is 125 Å². The van der Waals surface area contributed by atoms with Crippen molar-refractivity contribution in [1.29, 1.82) is 5.26 Å². The number of nitro groups is 1. The van der Waals surface area contributed by atoms with Crippen molar-refractivity contribution >= 4 is 17.3 Å². The highest BCUT2D eigenvalue weighted by atomic mass is 16.6. The molecule has 1 aliphatic rings. The number of aromatic nitrogens is 2. The average molecular weight is 458 g/mol. The fourth-order valence-corrected chi connectivity index (χ4v) is 4.01. The summed E-state index contributed by atoms with van der Waals surface area (Å²) in [5.41, 5.74) is 1.14. The van der Waals surface area contributed by atoms with Crippen LogP contribution in [0.25, 0.3) is 5.69 Å². The minimum atomic E-state index is -0.525. The number of carbonyl (C=O) groups is 1. The Bertz CT molecular complexity index is 1340. The van der Waals surface area contributed by atoms with Gasteiger partial charge in [0, 0.05) is 49.7 Å². The highest BCUT2D eigenvalue weighted by Gasteiger charge is 2.25. The van der Waals surface area contributed by atoms with Crippen LogP contribution >= 0.6 is 0 Å². The maximum Gasteiger partial charge on any atom is 0.294 e. The molecule has 1 fully saturated rings. The number of anilines is 1. The molecule has 34 heavy (non-hydrogen) atoms. The van der Waals surface area contributed by atoms with Crippen LogP contribution in [0, 0.1) is 28.4 Å². The quantitative estimate of drug-likeness (QED) is 0.435. The second-order valence-electron chi connectivity index (χ2n) is 7.95. The van der Waals surface area contributed by atoms with Crippen LogP contribution < -0.4 is 10.3 Å². The lowest BCUT2D eigenvalue weighted by Gasteiger charge is -2.23. The number of carbonyl (C=O) groups excluding carboxylic acids is 1. The molecule has 0 radical (unpaired) electrons. The van der Waals surface area contributed by atoms with Gasteiger partial charge in [0.05, 0.1) is 16.6 Å². The van der Waals surface area contributed by atoms with Crippen LogP contribution in [-0.2, 0) is 0 Å². The van der Waals surface area contributed by atoms with Crippen LogP contribution in [0.15, 0.2) is 59.4 Å². The summed E-state index contributed by atoms with van der Waals surface area (Å²) in [5.74, 6) is -0.501. The third kappa shape index (κ3) is 4.49. The molecule has 4 rings (SSSR count). The molecule has 1 aliphatic heterocycles. The summed E-state index contributed by atoms with van der Waals surface area (Å²) in [6.45, 7) is 3.73. The second-order valence-corrected chi connectivity index (χ2v) is 7.95. The first-order valence-corrected chi connectivity index (χ1v) is 10.8. The van der Waals surface area contributed by atoms with E-state index in [4.69, 9.17) is 5.26 Å². The van der Waals surface area contributed by atoms with E-state index < -0.39 is 16.3 Å². The molecule has 0 aliphatic carbocycles. The summed E-state index contributed by atoms with van der Waals surface area (Å²) in [5, 5.41) is 24.7. The van der Waals surface area contributed by atoms with E-state index in [-0.39, 0.29) is 17.1 Å². The van der Waals surface area contributed by atoms with E-state index in [1.54, 1.807) is 36.1 Å². The molecular weight excluding hydrogens is 436 g/mol. The van der Waals surface area contributed by atoms with Crippen molar-refractivity contribution in [3.05, 3.63) is 91.9 Å².